The van der Waals surface area contributed by atoms with Crippen molar-refractivity contribution in [3.8, 4) is 0 Å². The maximum Gasteiger partial charge on any atom is 0.306 e. The zero-order chi connectivity index (χ0) is 27.9. The van der Waals surface area contributed by atoms with Crippen LogP contribution in [-0.2, 0) is 14.3 Å². The van der Waals surface area contributed by atoms with Crippen LogP contribution >= 0.6 is 0 Å². The molecule has 4 heteroatoms. The van der Waals surface area contributed by atoms with Crippen LogP contribution < -0.4 is 0 Å². The molecule has 0 aliphatic carbocycles. The number of aliphatic carboxylic acids is 1. The Kier molecular flexibility index (Phi) is 29.6. The lowest BCUT2D eigenvalue weighted by molar-refractivity contribution is -0.150. The number of carbonyl (C=O) groups is 2. The van der Waals surface area contributed by atoms with Crippen molar-refractivity contribution in [3.63, 3.8) is 0 Å². The highest BCUT2D eigenvalue weighted by atomic mass is 16.5. The molecule has 0 saturated heterocycles. The fourth-order valence-corrected chi connectivity index (χ4v) is 5.31. The second-order valence-electron chi connectivity index (χ2n) is 11.7. The molecule has 0 saturated carbocycles. The van der Waals surface area contributed by atoms with E-state index >= 15 is 0 Å². The standard InChI is InChI=1S/C34H66O4/c1-3-5-7-9-11-13-15-16-18-20-22-24-26-31-34(37)38-32(29-27-30-33(35)36)28-25-23-21-19-17-14-12-10-8-6-4-2/h32H,3-31H2,1-2H3,(H,35,36). The molecule has 0 radical (unpaired) electrons. The third-order valence-electron chi connectivity index (χ3n) is 7.83. The second kappa shape index (κ2) is 30.5. The number of rotatable bonds is 31. The van der Waals surface area contributed by atoms with Crippen LogP contribution in [0.15, 0.2) is 0 Å². The fourth-order valence-electron chi connectivity index (χ4n) is 5.31. The van der Waals surface area contributed by atoms with Crippen molar-refractivity contribution in [2.75, 3.05) is 0 Å². The third-order valence-corrected chi connectivity index (χ3v) is 7.83. The Morgan fingerprint density at radius 3 is 1.21 bits per heavy atom. The van der Waals surface area contributed by atoms with Crippen molar-refractivity contribution in [2.24, 2.45) is 0 Å². The lowest BCUT2D eigenvalue weighted by Gasteiger charge is -2.18. The van der Waals surface area contributed by atoms with Gasteiger partial charge >= 0.3 is 11.9 Å². The van der Waals surface area contributed by atoms with E-state index in [0.717, 1.165) is 25.7 Å². The van der Waals surface area contributed by atoms with Crippen molar-refractivity contribution >= 4 is 11.9 Å². The van der Waals surface area contributed by atoms with Crippen LogP contribution in [0.25, 0.3) is 0 Å². The van der Waals surface area contributed by atoms with E-state index in [1.807, 2.05) is 0 Å². The van der Waals surface area contributed by atoms with E-state index in [1.54, 1.807) is 0 Å². The molecule has 1 unspecified atom stereocenters. The van der Waals surface area contributed by atoms with Crippen molar-refractivity contribution < 1.29 is 19.4 Å². The SMILES string of the molecule is CCCCCCCCCCCCCCCC(=O)OC(CCCCCCCCCCCCC)CCCC(=O)O. The van der Waals surface area contributed by atoms with Crippen molar-refractivity contribution in [3.05, 3.63) is 0 Å². The van der Waals surface area contributed by atoms with Gasteiger partial charge in [-0.15, -0.1) is 0 Å². The Labute approximate surface area is 237 Å². The van der Waals surface area contributed by atoms with Crippen LogP contribution in [0.4, 0.5) is 0 Å². The van der Waals surface area contributed by atoms with Crippen LogP contribution in [0.5, 0.6) is 0 Å². The number of ether oxygens (including phenoxy) is 1. The Morgan fingerprint density at radius 2 is 0.816 bits per heavy atom. The highest BCUT2D eigenvalue weighted by molar-refractivity contribution is 5.69. The van der Waals surface area contributed by atoms with E-state index in [2.05, 4.69) is 13.8 Å². The minimum atomic E-state index is -0.767. The first-order valence-corrected chi connectivity index (χ1v) is 17.0. The molecule has 0 aromatic rings. The number of hydrogen-bond donors (Lipinski definition) is 1. The number of carboxylic acid groups (broad SMARTS) is 1. The second-order valence-corrected chi connectivity index (χ2v) is 11.7. The number of hydrogen-bond acceptors (Lipinski definition) is 3. The van der Waals surface area contributed by atoms with Gasteiger partial charge in [0, 0.05) is 12.8 Å². The van der Waals surface area contributed by atoms with Gasteiger partial charge in [0.05, 0.1) is 0 Å². The summed E-state index contributed by atoms with van der Waals surface area (Å²) < 4.78 is 5.80. The van der Waals surface area contributed by atoms with Crippen LogP contribution in [0.1, 0.15) is 200 Å². The van der Waals surface area contributed by atoms with Crippen molar-refractivity contribution in [2.45, 2.75) is 206 Å². The summed E-state index contributed by atoms with van der Waals surface area (Å²) in [6.07, 6.45) is 33.9. The number of carbonyl (C=O) groups excluding carboxylic acids is 1. The summed E-state index contributed by atoms with van der Waals surface area (Å²) in [6, 6.07) is 0. The summed E-state index contributed by atoms with van der Waals surface area (Å²) >= 11 is 0. The van der Waals surface area contributed by atoms with Gasteiger partial charge in [-0.3, -0.25) is 9.59 Å². The number of carboxylic acids is 1. The van der Waals surface area contributed by atoms with Gasteiger partial charge in [-0.05, 0) is 32.1 Å². The molecule has 0 aliphatic heterocycles. The molecular weight excluding hydrogens is 472 g/mol. The van der Waals surface area contributed by atoms with Gasteiger partial charge in [-0.1, -0.05) is 155 Å². The van der Waals surface area contributed by atoms with E-state index in [4.69, 9.17) is 9.84 Å². The Morgan fingerprint density at radius 1 is 0.474 bits per heavy atom. The molecule has 0 fully saturated rings. The van der Waals surface area contributed by atoms with Gasteiger partial charge in [0.1, 0.15) is 6.10 Å². The smallest absolute Gasteiger partial charge is 0.306 e. The molecule has 0 heterocycles. The summed E-state index contributed by atoms with van der Waals surface area (Å²) in [6.45, 7) is 4.53. The van der Waals surface area contributed by atoms with E-state index in [9.17, 15) is 9.59 Å². The van der Waals surface area contributed by atoms with Crippen molar-refractivity contribution in [1.82, 2.24) is 0 Å². The van der Waals surface area contributed by atoms with E-state index in [1.165, 1.54) is 135 Å². The first-order valence-electron chi connectivity index (χ1n) is 17.0. The van der Waals surface area contributed by atoms with Gasteiger partial charge < -0.3 is 9.84 Å². The van der Waals surface area contributed by atoms with Crippen LogP contribution in [0.3, 0.4) is 0 Å². The van der Waals surface area contributed by atoms with E-state index in [-0.39, 0.29) is 18.5 Å². The molecule has 0 aromatic heterocycles. The van der Waals surface area contributed by atoms with Gasteiger partial charge in [0.15, 0.2) is 0 Å². The summed E-state index contributed by atoms with van der Waals surface area (Å²) in [4.78, 5) is 23.3. The minimum absolute atomic E-state index is 0.0866. The molecule has 0 amide bonds. The molecule has 0 rings (SSSR count). The van der Waals surface area contributed by atoms with Gasteiger partial charge in [-0.2, -0.15) is 0 Å². The maximum atomic E-state index is 12.4. The number of esters is 1. The molecule has 0 aliphatic rings. The zero-order valence-electron chi connectivity index (χ0n) is 25.8. The lowest BCUT2D eigenvalue weighted by atomic mass is 10.0. The van der Waals surface area contributed by atoms with Gasteiger partial charge in [0.2, 0.25) is 0 Å². The van der Waals surface area contributed by atoms with Gasteiger partial charge in [0.25, 0.3) is 0 Å². The van der Waals surface area contributed by atoms with Crippen LogP contribution in [0.2, 0.25) is 0 Å². The maximum absolute atomic E-state index is 12.4. The summed E-state index contributed by atoms with van der Waals surface area (Å²) in [7, 11) is 0. The molecule has 4 nitrogen and oxygen atoms in total. The Hall–Kier alpha value is -1.06. The highest BCUT2D eigenvalue weighted by Crippen LogP contribution is 2.18. The quantitative estimate of drug-likeness (QED) is 0.0704. The molecule has 0 bridgehead atoms. The zero-order valence-corrected chi connectivity index (χ0v) is 25.8. The molecule has 226 valence electrons. The normalized spacial score (nSPS) is 12.1. The highest BCUT2D eigenvalue weighted by Gasteiger charge is 2.15. The average Bonchev–Trinajstić information content (AvgIpc) is 2.89. The van der Waals surface area contributed by atoms with Crippen LogP contribution in [0, 0.1) is 0 Å². The fraction of sp³-hybridized carbons (Fsp3) is 0.941. The first kappa shape index (κ1) is 36.9. The molecule has 0 spiro atoms. The molecule has 1 N–H and O–H groups in total. The topological polar surface area (TPSA) is 63.6 Å². The van der Waals surface area contributed by atoms with E-state index < -0.39 is 5.97 Å². The summed E-state index contributed by atoms with van der Waals surface area (Å²) in [5.41, 5.74) is 0. The third kappa shape index (κ3) is 29.5. The predicted octanol–water partition coefficient (Wildman–Crippen LogP) is 11.3. The Balaban J connectivity index is 3.82. The van der Waals surface area contributed by atoms with E-state index in [0.29, 0.717) is 19.3 Å². The molecule has 38 heavy (non-hydrogen) atoms. The average molecular weight is 539 g/mol. The Bertz CT molecular complexity index is 505. The molecular formula is C34H66O4. The van der Waals surface area contributed by atoms with Gasteiger partial charge in [-0.25, -0.2) is 0 Å². The summed E-state index contributed by atoms with van der Waals surface area (Å²) in [5, 5.41) is 8.96. The van der Waals surface area contributed by atoms with Crippen LogP contribution in [-0.4, -0.2) is 23.1 Å². The largest absolute Gasteiger partial charge is 0.481 e. The molecule has 0 aromatic carbocycles. The lowest BCUT2D eigenvalue weighted by Crippen LogP contribution is -2.18. The number of unbranched alkanes of at least 4 members (excludes halogenated alkanes) is 22. The summed E-state index contributed by atoms with van der Waals surface area (Å²) in [5.74, 6) is -0.854. The minimum Gasteiger partial charge on any atom is -0.481 e. The first-order chi connectivity index (χ1) is 18.6. The predicted molar refractivity (Wildman–Crippen MR) is 163 cm³/mol. The molecule has 1 atom stereocenters. The van der Waals surface area contributed by atoms with Crippen molar-refractivity contribution in [1.29, 1.82) is 0 Å². The monoisotopic (exact) mass is 538 g/mol.